The van der Waals surface area contributed by atoms with Crippen molar-refractivity contribution in [1.82, 2.24) is 20.2 Å². The molecule has 0 bridgehead atoms. The third-order valence-electron chi connectivity index (χ3n) is 5.45. The lowest BCUT2D eigenvalue weighted by atomic mass is 10.1. The Morgan fingerprint density at radius 1 is 0.848 bits per heavy atom. The lowest BCUT2D eigenvalue weighted by Crippen LogP contribution is -2.49. The van der Waals surface area contributed by atoms with Gasteiger partial charge in [-0.3, -0.25) is 9.59 Å². The molecule has 2 heterocycles. The van der Waals surface area contributed by atoms with Gasteiger partial charge in [-0.05, 0) is 51.1 Å². The number of hydrogen-bond acceptors (Lipinski definition) is 5. The summed E-state index contributed by atoms with van der Waals surface area (Å²) >= 11 is 0. The maximum absolute atomic E-state index is 13.0. The molecule has 0 spiro atoms. The molecule has 2 aromatic carbocycles. The van der Waals surface area contributed by atoms with Crippen molar-refractivity contribution >= 4 is 17.6 Å². The van der Waals surface area contributed by atoms with Crippen molar-refractivity contribution < 1.29 is 9.59 Å². The third kappa shape index (κ3) is 5.55. The van der Waals surface area contributed by atoms with Crippen LogP contribution in [0.3, 0.4) is 0 Å². The summed E-state index contributed by atoms with van der Waals surface area (Å²) in [4.78, 5) is 38.4. The monoisotopic (exact) mass is 443 g/mol. The van der Waals surface area contributed by atoms with Crippen LogP contribution in [-0.4, -0.2) is 58.4 Å². The Balaban J connectivity index is 1.37. The van der Waals surface area contributed by atoms with Crippen LogP contribution in [0.15, 0.2) is 66.9 Å². The lowest BCUT2D eigenvalue weighted by Gasteiger charge is -2.35. The number of nitrogens with one attached hydrogen (secondary N) is 1. The molecular formula is C26H29N5O2. The number of benzene rings is 2. The van der Waals surface area contributed by atoms with Crippen molar-refractivity contribution in [3.63, 3.8) is 0 Å². The first-order chi connectivity index (χ1) is 15.8. The summed E-state index contributed by atoms with van der Waals surface area (Å²) in [5, 5.41) is 2.93. The zero-order chi connectivity index (χ0) is 23.4. The average Bonchev–Trinajstić information content (AvgIpc) is 2.83. The normalized spacial score (nSPS) is 14.2. The zero-order valence-corrected chi connectivity index (χ0v) is 19.3. The van der Waals surface area contributed by atoms with Crippen LogP contribution in [0.25, 0.3) is 11.4 Å². The van der Waals surface area contributed by atoms with E-state index in [0.29, 0.717) is 43.1 Å². The van der Waals surface area contributed by atoms with Crippen LogP contribution in [0.1, 0.15) is 41.5 Å². The van der Waals surface area contributed by atoms with E-state index < -0.39 is 0 Å². The molecule has 7 nitrogen and oxygen atoms in total. The van der Waals surface area contributed by atoms with Crippen LogP contribution in [0.5, 0.6) is 0 Å². The Morgan fingerprint density at radius 3 is 2.12 bits per heavy atom. The van der Waals surface area contributed by atoms with E-state index in [9.17, 15) is 9.59 Å². The minimum atomic E-state index is -0.309. The summed E-state index contributed by atoms with van der Waals surface area (Å²) in [6.45, 7) is 8.42. The summed E-state index contributed by atoms with van der Waals surface area (Å²) in [6.07, 6.45) is 1.78. The quantitative estimate of drug-likeness (QED) is 0.666. The van der Waals surface area contributed by atoms with E-state index in [2.05, 4.69) is 15.2 Å². The summed E-state index contributed by atoms with van der Waals surface area (Å²) < 4.78 is 0. The molecule has 4 rings (SSSR count). The number of rotatable bonds is 4. The Hall–Kier alpha value is -3.74. The second-order valence-electron chi connectivity index (χ2n) is 9.17. The summed E-state index contributed by atoms with van der Waals surface area (Å²) in [5.74, 6) is 1.40. The van der Waals surface area contributed by atoms with Gasteiger partial charge in [0, 0.05) is 54.6 Å². The highest BCUT2D eigenvalue weighted by molar-refractivity contribution is 5.98. The van der Waals surface area contributed by atoms with Crippen LogP contribution in [0, 0.1) is 0 Å². The highest BCUT2D eigenvalue weighted by Gasteiger charge is 2.24. The van der Waals surface area contributed by atoms with Gasteiger partial charge in [0.05, 0.1) is 0 Å². The van der Waals surface area contributed by atoms with Gasteiger partial charge >= 0.3 is 0 Å². The average molecular weight is 444 g/mol. The fourth-order valence-electron chi connectivity index (χ4n) is 3.75. The first-order valence-electron chi connectivity index (χ1n) is 11.2. The van der Waals surface area contributed by atoms with Gasteiger partial charge in [0.2, 0.25) is 0 Å². The molecule has 1 aliphatic rings. The van der Waals surface area contributed by atoms with Crippen molar-refractivity contribution in [2.75, 3.05) is 31.1 Å². The second kappa shape index (κ2) is 9.40. The van der Waals surface area contributed by atoms with Gasteiger partial charge in [0.15, 0.2) is 5.82 Å². The lowest BCUT2D eigenvalue weighted by molar-refractivity contribution is 0.0745. The first kappa shape index (κ1) is 22.5. The van der Waals surface area contributed by atoms with E-state index in [-0.39, 0.29) is 17.4 Å². The van der Waals surface area contributed by atoms with Crippen molar-refractivity contribution in [2.24, 2.45) is 0 Å². The Kier molecular flexibility index (Phi) is 6.40. The molecule has 7 heteroatoms. The maximum Gasteiger partial charge on any atom is 0.253 e. The fourth-order valence-corrected chi connectivity index (χ4v) is 3.75. The van der Waals surface area contributed by atoms with Gasteiger partial charge in [0.25, 0.3) is 11.8 Å². The summed E-state index contributed by atoms with van der Waals surface area (Å²) in [5.41, 5.74) is 1.80. The Morgan fingerprint density at radius 2 is 1.48 bits per heavy atom. The Labute approximate surface area is 194 Å². The zero-order valence-electron chi connectivity index (χ0n) is 19.3. The van der Waals surface area contributed by atoms with Crippen LogP contribution in [-0.2, 0) is 0 Å². The predicted octanol–water partition coefficient (Wildman–Crippen LogP) is 3.63. The third-order valence-corrected chi connectivity index (χ3v) is 5.45. The van der Waals surface area contributed by atoms with E-state index in [1.807, 2.05) is 62.1 Å². The molecule has 0 saturated carbocycles. The number of nitrogens with zero attached hydrogens (tertiary/aromatic N) is 4. The molecule has 33 heavy (non-hydrogen) atoms. The van der Waals surface area contributed by atoms with Crippen molar-refractivity contribution in [2.45, 2.75) is 26.3 Å². The SMILES string of the molecule is CC(C)(C)NC(=O)c1ccc(C(=O)N2CCN(c3ccnc(-c4ccccc4)n3)CC2)cc1. The number of aromatic nitrogens is 2. The summed E-state index contributed by atoms with van der Waals surface area (Å²) in [7, 11) is 0. The Bertz CT molecular complexity index is 1120. The molecule has 170 valence electrons. The largest absolute Gasteiger partial charge is 0.353 e. The van der Waals surface area contributed by atoms with Gasteiger partial charge in [-0.2, -0.15) is 0 Å². The standard InChI is InChI=1S/C26H29N5O2/c1-26(2,3)29-24(32)20-9-11-21(12-10-20)25(33)31-17-15-30(16-18-31)22-13-14-27-23(28-22)19-7-5-4-6-8-19/h4-14H,15-18H2,1-3H3,(H,29,32). The molecule has 1 aliphatic heterocycles. The summed E-state index contributed by atoms with van der Waals surface area (Å²) in [6, 6.07) is 18.7. The minimum absolute atomic E-state index is 0.0231. The molecule has 2 amide bonds. The van der Waals surface area contributed by atoms with Gasteiger partial charge in [-0.25, -0.2) is 9.97 Å². The van der Waals surface area contributed by atoms with Gasteiger partial charge in [-0.15, -0.1) is 0 Å². The first-order valence-corrected chi connectivity index (χ1v) is 11.2. The fraction of sp³-hybridized carbons (Fsp3) is 0.308. The van der Waals surface area contributed by atoms with E-state index in [1.54, 1.807) is 30.5 Å². The molecule has 1 N–H and O–H groups in total. The van der Waals surface area contributed by atoms with Crippen LogP contribution in [0.4, 0.5) is 5.82 Å². The maximum atomic E-state index is 13.0. The number of carbonyl (C=O) groups is 2. The molecule has 0 radical (unpaired) electrons. The van der Waals surface area contributed by atoms with Crippen molar-refractivity contribution in [3.8, 4) is 11.4 Å². The molecule has 1 fully saturated rings. The number of piperazine rings is 1. The van der Waals surface area contributed by atoms with E-state index in [1.165, 1.54) is 0 Å². The van der Waals surface area contributed by atoms with E-state index in [0.717, 1.165) is 11.4 Å². The number of carbonyl (C=O) groups excluding carboxylic acids is 2. The molecule has 1 aromatic heterocycles. The highest BCUT2D eigenvalue weighted by atomic mass is 16.2. The van der Waals surface area contributed by atoms with Crippen molar-refractivity contribution in [3.05, 3.63) is 78.0 Å². The van der Waals surface area contributed by atoms with Crippen LogP contribution >= 0.6 is 0 Å². The van der Waals surface area contributed by atoms with Gasteiger partial charge < -0.3 is 15.1 Å². The smallest absolute Gasteiger partial charge is 0.253 e. The van der Waals surface area contributed by atoms with Crippen LogP contribution < -0.4 is 10.2 Å². The molecule has 3 aromatic rings. The van der Waals surface area contributed by atoms with Gasteiger partial charge in [-0.1, -0.05) is 30.3 Å². The van der Waals surface area contributed by atoms with Crippen LogP contribution in [0.2, 0.25) is 0 Å². The number of anilines is 1. The number of hydrogen-bond donors (Lipinski definition) is 1. The van der Waals surface area contributed by atoms with Crippen molar-refractivity contribution in [1.29, 1.82) is 0 Å². The molecular weight excluding hydrogens is 414 g/mol. The second-order valence-corrected chi connectivity index (χ2v) is 9.17. The topological polar surface area (TPSA) is 78.4 Å². The molecule has 1 saturated heterocycles. The van der Waals surface area contributed by atoms with Gasteiger partial charge in [0.1, 0.15) is 5.82 Å². The molecule has 0 unspecified atom stereocenters. The molecule has 0 atom stereocenters. The highest BCUT2D eigenvalue weighted by Crippen LogP contribution is 2.20. The van der Waals surface area contributed by atoms with E-state index in [4.69, 9.17) is 4.98 Å². The minimum Gasteiger partial charge on any atom is -0.353 e. The molecule has 0 aliphatic carbocycles. The predicted molar refractivity (Wildman–Crippen MR) is 129 cm³/mol. The number of amides is 2. The van der Waals surface area contributed by atoms with E-state index >= 15 is 0 Å².